The number of hydrogen-bond donors (Lipinski definition) is 3. The molecule has 0 spiro atoms. The van der Waals surface area contributed by atoms with Crippen LogP contribution in [0, 0.1) is 0 Å². The normalized spacial score (nSPS) is 16.9. The third kappa shape index (κ3) is 3.60. The molecular weight excluding hydrogens is 258 g/mol. The van der Waals surface area contributed by atoms with E-state index < -0.39 is 17.9 Å². The molecule has 0 radical (unpaired) electrons. The van der Waals surface area contributed by atoms with Gasteiger partial charge >= 0.3 is 11.8 Å². The van der Waals surface area contributed by atoms with Crippen molar-refractivity contribution in [2.75, 3.05) is 6.54 Å². The highest BCUT2D eigenvalue weighted by molar-refractivity contribution is 6.35. The van der Waals surface area contributed by atoms with Crippen molar-refractivity contribution in [3.8, 4) is 0 Å². The van der Waals surface area contributed by atoms with Crippen molar-refractivity contribution >= 4 is 11.8 Å². The Morgan fingerprint density at radius 3 is 2.70 bits per heavy atom. The summed E-state index contributed by atoms with van der Waals surface area (Å²) in [4.78, 5) is 23.3. The van der Waals surface area contributed by atoms with E-state index >= 15 is 0 Å². The van der Waals surface area contributed by atoms with Crippen LogP contribution in [0.4, 0.5) is 0 Å². The van der Waals surface area contributed by atoms with Crippen LogP contribution in [0.15, 0.2) is 18.3 Å². The third-order valence-corrected chi connectivity index (χ3v) is 3.68. The Labute approximate surface area is 118 Å². The largest absolute Gasteiger partial charge is 0.385 e. The van der Waals surface area contributed by atoms with Gasteiger partial charge in [0.2, 0.25) is 0 Å². The number of nitrogens with one attached hydrogen (secondary N) is 2. The maximum Gasteiger partial charge on any atom is 0.309 e. The van der Waals surface area contributed by atoms with E-state index in [1.165, 1.54) is 0 Å². The second-order valence-corrected chi connectivity index (χ2v) is 5.22. The summed E-state index contributed by atoms with van der Waals surface area (Å²) in [5.41, 5.74) is 0.696. The number of aromatic nitrogens is 1. The number of aliphatic hydroxyl groups excluding tert-OH is 1. The lowest BCUT2D eigenvalue weighted by Crippen LogP contribution is -2.44. The first-order valence-corrected chi connectivity index (χ1v) is 6.96. The van der Waals surface area contributed by atoms with Gasteiger partial charge in [-0.2, -0.15) is 0 Å². The minimum Gasteiger partial charge on any atom is -0.385 e. The first-order valence-electron chi connectivity index (χ1n) is 6.96. The number of carbonyl (C=O) groups is 2. The molecule has 1 heterocycles. The second-order valence-electron chi connectivity index (χ2n) is 5.22. The number of amides is 2. The van der Waals surface area contributed by atoms with E-state index in [1.807, 2.05) is 19.3 Å². The molecule has 0 aromatic carbocycles. The van der Waals surface area contributed by atoms with E-state index in [9.17, 15) is 14.7 Å². The Bertz CT molecular complexity index is 478. The van der Waals surface area contributed by atoms with Crippen LogP contribution in [-0.4, -0.2) is 34.1 Å². The molecule has 1 atom stereocenters. The third-order valence-electron chi connectivity index (χ3n) is 3.68. The van der Waals surface area contributed by atoms with Crippen molar-refractivity contribution in [2.24, 2.45) is 7.05 Å². The van der Waals surface area contributed by atoms with Crippen LogP contribution in [0.1, 0.15) is 37.5 Å². The minimum absolute atomic E-state index is 0.0226. The average molecular weight is 279 g/mol. The number of hydrogen-bond acceptors (Lipinski definition) is 3. The molecule has 110 valence electrons. The summed E-state index contributed by atoms with van der Waals surface area (Å²) in [6.45, 7) is 0.0226. The Kier molecular flexibility index (Phi) is 4.79. The molecule has 1 aromatic rings. The topological polar surface area (TPSA) is 83.4 Å². The molecule has 3 N–H and O–H groups in total. The number of nitrogens with zero attached hydrogens (tertiary/aromatic N) is 1. The number of carbonyl (C=O) groups excluding carboxylic acids is 2. The summed E-state index contributed by atoms with van der Waals surface area (Å²) < 4.78 is 1.77. The summed E-state index contributed by atoms with van der Waals surface area (Å²) in [5.74, 6) is -1.30. The number of aliphatic hydroxyl groups is 1. The number of aryl methyl sites for hydroxylation is 1. The molecule has 1 fully saturated rings. The van der Waals surface area contributed by atoms with Gasteiger partial charge in [0.25, 0.3) is 0 Å². The zero-order valence-corrected chi connectivity index (χ0v) is 11.6. The van der Waals surface area contributed by atoms with Gasteiger partial charge in [0.05, 0.1) is 0 Å². The van der Waals surface area contributed by atoms with E-state index in [0.717, 1.165) is 25.7 Å². The van der Waals surface area contributed by atoms with Crippen LogP contribution in [0.2, 0.25) is 0 Å². The fraction of sp³-hybridized carbons (Fsp3) is 0.571. The van der Waals surface area contributed by atoms with Crippen LogP contribution >= 0.6 is 0 Å². The first kappa shape index (κ1) is 14.6. The lowest BCUT2D eigenvalue weighted by atomic mass is 10.2. The van der Waals surface area contributed by atoms with Gasteiger partial charge in [0.1, 0.15) is 6.10 Å². The van der Waals surface area contributed by atoms with Gasteiger partial charge in [-0.25, -0.2) is 0 Å². The summed E-state index contributed by atoms with van der Waals surface area (Å²) in [7, 11) is 1.81. The minimum atomic E-state index is -0.821. The Balaban J connectivity index is 1.76. The van der Waals surface area contributed by atoms with E-state index in [0.29, 0.717) is 5.69 Å². The van der Waals surface area contributed by atoms with E-state index in [2.05, 4.69) is 10.6 Å². The van der Waals surface area contributed by atoms with Crippen molar-refractivity contribution in [2.45, 2.75) is 37.8 Å². The van der Waals surface area contributed by atoms with Gasteiger partial charge < -0.3 is 20.3 Å². The molecule has 1 aliphatic rings. The van der Waals surface area contributed by atoms with Gasteiger partial charge in [0, 0.05) is 31.5 Å². The molecule has 0 saturated heterocycles. The average Bonchev–Trinajstić information content (AvgIpc) is 3.06. The van der Waals surface area contributed by atoms with Crippen LogP contribution < -0.4 is 10.6 Å². The molecule has 0 bridgehead atoms. The van der Waals surface area contributed by atoms with Gasteiger partial charge in [-0.3, -0.25) is 9.59 Å². The van der Waals surface area contributed by atoms with Crippen LogP contribution in [-0.2, 0) is 16.6 Å². The van der Waals surface area contributed by atoms with Crippen LogP contribution in [0.25, 0.3) is 0 Å². The molecular formula is C14H21N3O3. The highest BCUT2D eigenvalue weighted by Gasteiger charge is 2.22. The van der Waals surface area contributed by atoms with Gasteiger partial charge in [0.15, 0.2) is 0 Å². The fourth-order valence-electron chi connectivity index (χ4n) is 2.52. The molecule has 6 heteroatoms. The standard InChI is InChI=1S/C14H21N3O3/c1-17-8-4-7-11(17)12(18)9-15-13(19)14(20)16-10-5-2-3-6-10/h4,7-8,10,12,18H,2-3,5-6,9H2,1H3,(H,15,19)(H,16,20)/t12-/m0/s1. The Hall–Kier alpha value is -1.82. The predicted octanol–water partition coefficient (Wildman–Crippen LogP) is 0.233. The second kappa shape index (κ2) is 6.56. The summed E-state index contributed by atoms with van der Waals surface area (Å²) in [5, 5.41) is 15.1. The smallest absolute Gasteiger partial charge is 0.309 e. The van der Waals surface area contributed by atoms with Crippen LogP contribution in [0.3, 0.4) is 0 Å². The molecule has 6 nitrogen and oxygen atoms in total. The van der Waals surface area contributed by atoms with Gasteiger partial charge in [-0.05, 0) is 25.0 Å². The number of rotatable bonds is 4. The van der Waals surface area contributed by atoms with Gasteiger partial charge in [-0.1, -0.05) is 12.8 Å². The van der Waals surface area contributed by atoms with E-state index in [4.69, 9.17) is 0 Å². The lowest BCUT2D eigenvalue weighted by Gasteiger charge is -2.14. The monoisotopic (exact) mass is 279 g/mol. The zero-order chi connectivity index (χ0) is 14.5. The fourth-order valence-corrected chi connectivity index (χ4v) is 2.52. The van der Waals surface area contributed by atoms with E-state index in [1.54, 1.807) is 10.6 Å². The maximum atomic E-state index is 11.7. The Morgan fingerprint density at radius 2 is 2.10 bits per heavy atom. The Morgan fingerprint density at radius 1 is 1.40 bits per heavy atom. The van der Waals surface area contributed by atoms with Gasteiger partial charge in [-0.15, -0.1) is 0 Å². The van der Waals surface area contributed by atoms with Crippen molar-refractivity contribution < 1.29 is 14.7 Å². The summed E-state index contributed by atoms with van der Waals surface area (Å²) in [6.07, 6.45) is 5.05. The molecule has 2 rings (SSSR count). The van der Waals surface area contributed by atoms with E-state index in [-0.39, 0.29) is 12.6 Å². The van der Waals surface area contributed by atoms with Crippen molar-refractivity contribution in [3.05, 3.63) is 24.0 Å². The van der Waals surface area contributed by atoms with Crippen molar-refractivity contribution in [1.82, 2.24) is 15.2 Å². The molecule has 1 aliphatic carbocycles. The van der Waals surface area contributed by atoms with Crippen LogP contribution in [0.5, 0.6) is 0 Å². The molecule has 1 saturated carbocycles. The first-order chi connectivity index (χ1) is 9.58. The summed E-state index contributed by atoms with van der Waals surface area (Å²) in [6, 6.07) is 3.70. The maximum absolute atomic E-state index is 11.7. The predicted molar refractivity (Wildman–Crippen MR) is 73.8 cm³/mol. The molecule has 0 aliphatic heterocycles. The molecule has 20 heavy (non-hydrogen) atoms. The SMILES string of the molecule is Cn1cccc1[C@@H](O)CNC(=O)C(=O)NC1CCCC1. The van der Waals surface area contributed by atoms with Crippen molar-refractivity contribution in [1.29, 1.82) is 0 Å². The summed E-state index contributed by atoms with van der Waals surface area (Å²) >= 11 is 0. The van der Waals surface area contributed by atoms with Crippen molar-refractivity contribution in [3.63, 3.8) is 0 Å². The molecule has 1 aromatic heterocycles. The lowest BCUT2D eigenvalue weighted by molar-refractivity contribution is -0.139. The quantitative estimate of drug-likeness (QED) is 0.690. The molecule has 2 amide bonds. The zero-order valence-electron chi connectivity index (χ0n) is 11.6. The molecule has 0 unspecified atom stereocenters. The highest BCUT2D eigenvalue weighted by atomic mass is 16.3. The highest BCUT2D eigenvalue weighted by Crippen LogP contribution is 2.17.